The number of nitrogens with one attached hydrogen (secondary N) is 1. The van der Waals surface area contributed by atoms with Crippen molar-refractivity contribution in [3.05, 3.63) is 87.9 Å². The normalized spacial score (nSPS) is 12.8. The fourth-order valence-corrected chi connectivity index (χ4v) is 4.06. The summed E-state index contributed by atoms with van der Waals surface area (Å²) in [4.78, 5) is 9.18. The molecule has 6 heteroatoms. The van der Waals surface area contributed by atoms with Gasteiger partial charge in [-0.15, -0.1) is 5.10 Å². The van der Waals surface area contributed by atoms with Crippen LogP contribution in [-0.4, -0.2) is 26.1 Å². The van der Waals surface area contributed by atoms with Gasteiger partial charge in [0.15, 0.2) is 0 Å². The molecule has 1 aliphatic rings. The summed E-state index contributed by atoms with van der Waals surface area (Å²) in [5.41, 5.74) is 4.27. The Morgan fingerprint density at radius 1 is 0.969 bits per heavy atom. The minimum absolute atomic E-state index is 0.379. The van der Waals surface area contributed by atoms with Crippen LogP contribution in [0.25, 0.3) is 17.7 Å². The maximum absolute atomic E-state index is 6.17. The molecule has 162 valence electrons. The Labute approximate surface area is 187 Å². The predicted molar refractivity (Wildman–Crippen MR) is 126 cm³/mol. The summed E-state index contributed by atoms with van der Waals surface area (Å²) in [5.74, 6) is 1.49. The molecule has 0 saturated carbocycles. The lowest BCUT2D eigenvalue weighted by Crippen LogP contribution is -2.32. The van der Waals surface area contributed by atoms with E-state index in [4.69, 9.17) is 14.8 Å². The summed E-state index contributed by atoms with van der Waals surface area (Å²) in [6.07, 6.45) is 9.37. The first-order valence-corrected chi connectivity index (χ1v) is 11.1. The highest BCUT2D eigenvalue weighted by Crippen LogP contribution is 2.09. The molecule has 0 amide bonds. The summed E-state index contributed by atoms with van der Waals surface area (Å²) in [5, 5.41) is 10.4. The van der Waals surface area contributed by atoms with Crippen molar-refractivity contribution in [3.63, 3.8) is 0 Å². The molecule has 0 bridgehead atoms. The summed E-state index contributed by atoms with van der Waals surface area (Å²) < 4.78 is 8.03. The number of aryl methyl sites for hydroxylation is 1. The van der Waals surface area contributed by atoms with Crippen LogP contribution in [0.5, 0.6) is 5.88 Å². The van der Waals surface area contributed by atoms with Crippen molar-refractivity contribution in [2.24, 2.45) is 0 Å². The Morgan fingerprint density at radius 2 is 1.78 bits per heavy atom. The van der Waals surface area contributed by atoms with Crippen LogP contribution >= 0.6 is 0 Å². The molecule has 0 atom stereocenters. The second-order valence-corrected chi connectivity index (χ2v) is 8.04. The van der Waals surface area contributed by atoms with Crippen LogP contribution in [-0.2, 0) is 19.6 Å². The third-order valence-electron chi connectivity index (χ3n) is 5.72. The lowest BCUT2D eigenvalue weighted by molar-refractivity contribution is 0.281. The monoisotopic (exact) mass is 425 g/mol. The van der Waals surface area contributed by atoms with Crippen molar-refractivity contribution >= 4 is 17.7 Å². The quantitative estimate of drug-likeness (QED) is 0.440. The number of rotatable bonds is 8. The van der Waals surface area contributed by atoms with Crippen molar-refractivity contribution in [2.75, 3.05) is 6.54 Å². The van der Waals surface area contributed by atoms with Crippen molar-refractivity contribution in [1.29, 1.82) is 0 Å². The standard InChI is InChI=1S/C26H27N5O/c1-19-28-17-25-23-12-5-6-13-24(23)26(30-31(19)25)32-18-22-11-7-10-21(29-22)16-27-15-14-20-8-3-2-4-9-20/h2-4,7-13,17,27H,5-6,14-16,18H2,1H3. The molecule has 0 unspecified atom stereocenters. The Morgan fingerprint density at radius 3 is 2.66 bits per heavy atom. The lowest BCUT2D eigenvalue weighted by atomic mass is 10.1. The van der Waals surface area contributed by atoms with E-state index in [2.05, 4.69) is 46.7 Å². The fraction of sp³-hybridized carbons (Fsp3) is 0.269. The van der Waals surface area contributed by atoms with Gasteiger partial charge in [-0.05, 0) is 50.4 Å². The van der Waals surface area contributed by atoms with Crippen LogP contribution in [0.3, 0.4) is 0 Å². The zero-order chi connectivity index (χ0) is 21.8. The Hall–Kier alpha value is -3.51. The number of pyridine rings is 1. The van der Waals surface area contributed by atoms with Gasteiger partial charge in [0.2, 0.25) is 5.88 Å². The highest BCUT2D eigenvalue weighted by atomic mass is 16.5. The van der Waals surface area contributed by atoms with Crippen LogP contribution in [0.1, 0.15) is 35.6 Å². The second kappa shape index (κ2) is 9.32. The summed E-state index contributed by atoms with van der Waals surface area (Å²) in [7, 11) is 0. The van der Waals surface area contributed by atoms with Crippen LogP contribution < -0.4 is 20.5 Å². The molecule has 3 heterocycles. The van der Waals surface area contributed by atoms with Gasteiger partial charge in [0, 0.05) is 17.0 Å². The zero-order valence-corrected chi connectivity index (χ0v) is 18.3. The summed E-state index contributed by atoms with van der Waals surface area (Å²) in [6.45, 7) is 3.99. The van der Waals surface area contributed by atoms with E-state index in [0.717, 1.165) is 65.5 Å². The first-order chi connectivity index (χ1) is 15.8. The van der Waals surface area contributed by atoms with E-state index in [0.29, 0.717) is 12.5 Å². The number of fused-ring (bicyclic) bond motifs is 3. The molecule has 1 aliphatic carbocycles. The molecule has 32 heavy (non-hydrogen) atoms. The molecule has 4 aromatic rings. The van der Waals surface area contributed by atoms with Crippen molar-refractivity contribution in [1.82, 2.24) is 24.9 Å². The zero-order valence-electron chi connectivity index (χ0n) is 18.3. The number of hydrogen-bond donors (Lipinski definition) is 1. The molecule has 0 radical (unpaired) electrons. The SMILES string of the molecule is Cc1ncc2c3c(c(OCc4cccc(CNCCc5ccccc5)n4)nn12)=CCCC=3. The van der Waals surface area contributed by atoms with Crippen LogP contribution in [0.4, 0.5) is 0 Å². The van der Waals surface area contributed by atoms with Crippen LogP contribution in [0, 0.1) is 6.92 Å². The number of benzene rings is 1. The molecule has 0 saturated heterocycles. The average Bonchev–Trinajstić information content (AvgIpc) is 3.22. The van der Waals surface area contributed by atoms with Gasteiger partial charge >= 0.3 is 0 Å². The van der Waals surface area contributed by atoms with E-state index in [1.54, 1.807) is 0 Å². The summed E-state index contributed by atoms with van der Waals surface area (Å²) in [6, 6.07) is 16.6. The van der Waals surface area contributed by atoms with Crippen LogP contribution in [0.2, 0.25) is 0 Å². The van der Waals surface area contributed by atoms with E-state index in [9.17, 15) is 0 Å². The third-order valence-corrected chi connectivity index (χ3v) is 5.72. The molecule has 0 spiro atoms. The number of aromatic nitrogens is 4. The summed E-state index contributed by atoms with van der Waals surface area (Å²) >= 11 is 0. The first kappa shape index (κ1) is 20.4. The van der Waals surface area contributed by atoms with Crippen molar-refractivity contribution < 1.29 is 4.74 Å². The van der Waals surface area contributed by atoms with Crippen molar-refractivity contribution in [3.8, 4) is 5.88 Å². The van der Waals surface area contributed by atoms with Gasteiger partial charge in [-0.3, -0.25) is 4.98 Å². The largest absolute Gasteiger partial charge is 0.470 e. The molecule has 1 aromatic carbocycles. The number of imidazole rings is 1. The van der Waals surface area contributed by atoms with Gasteiger partial charge in [-0.1, -0.05) is 48.6 Å². The van der Waals surface area contributed by atoms with Gasteiger partial charge in [-0.25, -0.2) is 9.50 Å². The molecule has 0 fully saturated rings. The fourth-order valence-electron chi connectivity index (χ4n) is 4.06. The third kappa shape index (κ3) is 4.41. The van der Waals surface area contributed by atoms with E-state index < -0.39 is 0 Å². The Balaban J connectivity index is 1.26. The molecule has 5 rings (SSSR count). The maximum Gasteiger partial charge on any atom is 0.239 e. The van der Waals surface area contributed by atoms with E-state index in [1.165, 1.54) is 5.56 Å². The predicted octanol–water partition coefficient (Wildman–Crippen LogP) is 2.70. The number of nitrogens with zero attached hydrogens (tertiary/aromatic N) is 4. The minimum Gasteiger partial charge on any atom is -0.470 e. The maximum atomic E-state index is 6.17. The number of hydrogen-bond acceptors (Lipinski definition) is 5. The first-order valence-electron chi connectivity index (χ1n) is 11.1. The van der Waals surface area contributed by atoms with Gasteiger partial charge in [0.25, 0.3) is 0 Å². The topological polar surface area (TPSA) is 64.3 Å². The van der Waals surface area contributed by atoms with Gasteiger partial charge in [-0.2, -0.15) is 0 Å². The molecule has 1 N–H and O–H groups in total. The highest BCUT2D eigenvalue weighted by Gasteiger charge is 2.11. The van der Waals surface area contributed by atoms with Gasteiger partial charge in [0.1, 0.15) is 12.4 Å². The van der Waals surface area contributed by atoms with E-state index >= 15 is 0 Å². The Bertz CT molecular complexity index is 1340. The second-order valence-electron chi connectivity index (χ2n) is 8.04. The van der Waals surface area contributed by atoms with Gasteiger partial charge < -0.3 is 10.1 Å². The molecule has 3 aromatic heterocycles. The van der Waals surface area contributed by atoms with Gasteiger partial charge in [0.05, 0.1) is 23.1 Å². The molecule has 6 nitrogen and oxygen atoms in total. The average molecular weight is 426 g/mol. The van der Waals surface area contributed by atoms with E-state index in [1.807, 2.05) is 41.9 Å². The molecule has 0 aliphatic heterocycles. The molecular formula is C26H27N5O. The number of ether oxygens (including phenoxy) is 1. The Kier molecular flexibility index (Phi) is 5.94. The van der Waals surface area contributed by atoms with Crippen molar-refractivity contribution in [2.45, 2.75) is 39.3 Å². The minimum atomic E-state index is 0.379. The molecular weight excluding hydrogens is 398 g/mol. The highest BCUT2D eigenvalue weighted by molar-refractivity contribution is 5.56. The van der Waals surface area contributed by atoms with Crippen LogP contribution in [0.15, 0.2) is 54.7 Å². The smallest absolute Gasteiger partial charge is 0.239 e. The lowest BCUT2D eigenvalue weighted by Gasteiger charge is -2.11. The van der Waals surface area contributed by atoms with E-state index in [-0.39, 0.29) is 0 Å².